The van der Waals surface area contributed by atoms with Crippen LogP contribution in [0.5, 0.6) is 0 Å². The second-order valence-electron chi connectivity index (χ2n) is 9.71. The van der Waals surface area contributed by atoms with E-state index in [4.69, 9.17) is 0 Å². The molecule has 2 aliphatic rings. The van der Waals surface area contributed by atoms with E-state index in [1.54, 1.807) is 24.3 Å². The van der Waals surface area contributed by atoms with E-state index in [2.05, 4.69) is 21.1 Å². The summed E-state index contributed by atoms with van der Waals surface area (Å²) in [6.07, 6.45) is 1.84. The number of piperidine rings is 1. The van der Waals surface area contributed by atoms with Crippen LogP contribution in [-0.2, 0) is 9.59 Å². The number of anilines is 1. The average Bonchev–Trinajstić information content (AvgIpc) is 3.24. The molecule has 1 amide bonds. The minimum absolute atomic E-state index is 0.0668. The fraction of sp³-hybridized carbons (Fsp3) is 0.300. The molecule has 2 aliphatic heterocycles. The van der Waals surface area contributed by atoms with Gasteiger partial charge in [-0.2, -0.15) is 0 Å². The lowest BCUT2D eigenvalue weighted by Crippen LogP contribution is -2.56. The molecule has 0 atom stereocenters. The molecule has 1 spiro atoms. The number of amides is 1. The molecule has 3 aromatic carbocycles. The molecule has 0 saturated carbocycles. The summed E-state index contributed by atoms with van der Waals surface area (Å²) in [5.74, 6) is 1.04. The van der Waals surface area contributed by atoms with Crippen molar-refractivity contribution in [2.75, 3.05) is 31.2 Å². The fourth-order valence-electron chi connectivity index (χ4n) is 5.62. The van der Waals surface area contributed by atoms with Crippen LogP contribution < -0.4 is 10.2 Å². The molecule has 1 N–H and O–H groups in total. The van der Waals surface area contributed by atoms with Crippen molar-refractivity contribution in [3.05, 3.63) is 107 Å². The second-order valence-corrected chi connectivity index (χ2v) is 9.71. The molecule has 2 saturated heterocycles. The van der Waals surface area contributed by atoms with Gasteiger partial charge in [-0.3, -0.25) is 4.79 Å². The first-order chi connectivity index (χ1) is 18.0. The summed E-state index contributed by atoms with van der Waals surface area (Å²) in [7, 11) is 0. The summed E-state index contributed by atoms with van der Waals surface area (Å²) < 4.78 is 27.2. The quantitative estimate of drug-likeness (QED) is 0.478. The van der Waals surface area contributed by atoms with Crippen molar-refractivity contribution in [3.63, 3.8) is 0 Å². The van der Waals surface area contributed by atoms with Crippen molar-refractivity contribution in [1.29, 1.82) is 0 Å². The van der Waals surface area contributed by atoms with E-state index >= 15 is 0 Å². The molecule has 5 rings (SSSR count). The van der Waals surface area contributed by atoms with Gasteiger partial charge < -0.3 is 15.1 Å². The SMILES string of the molecule is O=C=C(CCN1CCC2(CC1)C(=O)NCN2c1ccccc1)C(c1ccc(F)cc1)c1ccc(F)cc1. The van der Waals surface area contributed by atoms with Gasteiger partial charge in [0.2, 0.25) is 5.91 Å². The van der Waals surface area contributed by atoms with Gasteiger partial charge in [0.25, 0.3) is 0 Å². The number of rotatable bonds is 7. The van der Waals surface area contributed by atoms with Gasteiger partial charge in [-0.1, -0.05) is 42.5 Å². The minimum Gasteiger partial charge on any atom is -0.339 e. The number of halogens is 2. The van der Waals surface area contributed by atoms with E-state index in [0.717, 1.165) is 29.9 Å². The maximum Gasteiger partial charge on any atom is 0.247 e. The number of para-hydroxylation sites is 1. The summed E-state index contributed by atoms with van der Waals surface area (Å²) in [4.78, 5) is 29.5. The van der Waals surface area contributed by atoms with Crippen LogP contribution in [-0.4, -0.2) is 48.6 Å². The molecule has 5 nitrogen and oxygen atoms in total. The van der Waals surface area contributed by atoms with E-state index in [-0.39, 0.29) is 17.5 Å². The number of carbonyl (C=O) groups is 1. The molecular formula is C30H29F2N3O2. The summed E-state index contributed by atoms with van der Waals surface area (Å²) in [6.45, 7) is 2.58. The Kier molecular flexibility index (Phi) is 7.17. The maximum atomic E-state index is 13.6. The highest BCUT2D eigenvalue weighted by Gasteiger charge is 2.50. The first-order valence-corrected chi connectivity index (χ1v) is 12.6. The first kappa shape index (κ1) is 24.9. The minimum atomic E-state index is -0.564. The molecule has 2 heterocycles. The largest absolute Gasteiger partial charge is 0.339 e. The highest BCUT2D eigenvalue weighted by Crippen LogP contribution is 2.37. The van der Waals surface area contributed by atoms with Gasteiger partial charge in [-0.15, -0.1) is 0 Å². The lowest BCUT2D eigenvalue weighted by atomic mass is 9.83. The van der Waals surface area contributed by atoms with Gasteiger partial charge in [0.1, 0.15) is 23.1 Å². The number of nitrogens with one attached hydrogen (secondary N) is 1. The monoisotopic (exact) mass is 501 g/mol. The Labute approximate surface area is 215 Å². The number of benzene rings is 3. The van der Waals surface area contributed by atoms with Gasteiger partial charge >= 0.3 is 0 Å². The fourth-order valence-corrected chi connectivity index (χ4v) is 5.62. The third kappa shape index (κ3) is 5.06. The molecule has 0 aliphatic carbocycles. The van der Waals surface area contributed by atoms with Crippen LogP contribution in [0.2, 0.25) is 0 Å². The van der Waals surface area contributed by atoms with Crippen LogP contribution >= 0.6 is 0 Å². The normalized spacial score (nSPS) is 17.2. The Morgan fingerprint density at radius 1 is 0.892 bits per heavy atom. The molecule has 37 heavy (non-hydrogen) atoms. The molecule has 0 aromatic heterocycles. The highest BCUT2D eigenvalue weighted by molar-refractivity contribution is 5.93. The van der Waals surface area contributed by atoms with Crippen LogP contribution in [0.25, 0.3) is 0 Å². The van der Waals surface area contributed by atoms with Crippen molar-refractivity contribution >= 4 is 17.5 Å². The van der Waals surface area contributed by atoms with Crippen LogP contribution in [0.3, 0.4) is 0 Å². The lowest BCUT2D eigenvalue weighted by molar-refractivity contribution is -0.125. The Bertz CT molecular complexity index is 1240. The topological polar surface area (TPSA) is 52.7 Å². The number of hydrogen-bond donors (Lipinski definition) is 1. The standard InChI is InChI=1S/C30H29F2N3O2/c31-25-10-6-22(7-11-25)28(23-8-12-26(32)13-9-23)24(20-36)14-17-34-18-15-30(16-19-34)29(37)33-21-35(30)27-4-2-1-3-5-27/h1-13,28H,14-19,21H2,(H,33,37). The highest BCUT2D eigenvalue weighted by atomic mass is 19.1. The number of nitrogens with zero attached hydrogens (tertiary/aromatic N) is 2. The molecule has 2 fully saturated rings. The van der Waals surface area contributed by atoms with Crippen molar-refractivity contribution in [1.82, 2.24) is 10.2 Å². The van der Waals surface area contributed by atoms with Gasteiger partial charge in [0, 0.05) is 36.8 Å². The van der Waals surface area contributed by atoms with Crippen molar-refractivity contribution in [3.8, 4) is 0 Å². The Balaban J connectivity index is 1.29. The third-order valence-electron chi connectivity index (χ3n) is 7.67. The molecule has 190 valence electrons. The molecular weight excluding hydrogens is 472 g/mol. The Hall–Kier alpha value is -3.80. The Morgan fingerprint density at radius 2 is 1.46 bits per heavy atom. The number of carbonyl (C=O) groups excluding carboxylic acids is 2. The molecule has 0 bridgehead atoms. The predicted octanol–water partition coefficient (Wildman–Crippen LogP) is 4.67. The zero-order valence-electron chi connectivity index (χ0n) is 20.5. The lowest BCUT2D eigenvalue weighted by Gasteiger charge is -2.43. The van der Waals surface area contributed by atoms with E-state index in [9.17, 15) is 18.4 Å². The Morgan fingerprint density at radius 3 is 2.00 bits per heavy atom. The van der Waals surface area contributed by atoms with Crippen LogP contribution in [0.1, 0.15) is 36.3 Å². The predicted molar refractivity (Wildman–Crippen MR) is 139 cm³/mol. The summed E-state index contributed by atoms with van der Waals surface area (Å²) in [5, 5.41) is 3.02. The average molecular weight is 502 g/mol. The summed E-state index contributed by atoms with van der Waals surface area (Å²) >= 11 is 0. The van der Waals surface area contributed by atoms with Gasteiger partial charge in [-0.05, 0) is 66.8 Å². The van der Waals surface area contributed by atoms with Crippen LogP contribution in [0, 0.1) is 11.6 Å². The number of likely N-dealkylation sites (tertiary alicyclic amines) is 1. The van der Waals surface area contributed by atoms with Gasteiger partial charge in [-0.25, -0.2) is 13.6 Å². The second kappa shape index (κ2) is 10.7. The zero-order valence-corrected chi connectivity index (χ0v) is 20.5. The molecule has 7 heteroatoms. The van der Waals surface area contributed by atoms with Crippen molar-refractivity contribution in [2.45, 2.75) is 30.7 Å². The maximum absolute atomic E-state index is 13.6. The molecule has 0 unspecified atom stereocenters. The van der Waals surface area contributed by atoms with Gasteiger partial charge in [0.15, 0.2) is 0 Å². The zero-order chi connectivity index (χ0) is 25.8. The third-order valence-corrected chi connectivity index (χ3v) is 7.67. The first-order valence-electron chi connectivity index (χ1n) is 12.6. The van der Waals surface area contributed by atoms with Gasteiger partial charge in [0.05, 0.1) is 6.67 Å². The van der Waals surface area contributed by atoms with E-state index in [1.165, 1.54) is 24.3 Å². The number of hydrogen-bond acceptors (Lipinski definition) is 4. The van der Waals surface area contributed by atoms with Crippen LogP contribution in [0.4, 0.5) is 14.5 Å². The van der Waals surface area contributed by atoms with E-state index in [1.807, 2.05) is 30.3 Å². The van der Waals surface area contributed by atoms with E-state index in [0.29, 0.717) is 38.0 Å². The van der Waals surface area contributed by atoms with Crippen molar-refractivity contribution < 1.29 is 18.4 Å². The van der Waals surface area contributed by atoms with E-state index < -0.39 is 11.5 Å². The van der Waals surface area contributed by atoms with Crippen LogP contribution in [0.15, 0.2) is 84.4 Å². The van der Waals surface area contributed by atoms with Crippen molar-refractivity contribution in [2.24, 2.45) is 0 Å². The summed E-state index contributed by atoms with van der Waals surface area (Å²) in [5.41, 5.74) is 2.51. The smallest absolute Gasteiger partial charge is 0.247 e. The summed E-state index contributed by atoms with van der Waals surface area (Å²) in [6, 6.07) is 22.1. The molecule has 0 radical (unpaired) electrons. The molecule has 3 aromatic rings.